The fraction of sp³-hybridized carbons (Fsp3) is 0.531. The van der Waals surface area contributed by atoms with Crippen LogP contribution in [0.5, 0.6) is 11.5 Å². The molecular formula is C64H86O4. The molecule has 0 amide bonds. The first-order valence-electron chi connectivity index (χ1n) is 27.7. The Hall–Kier alpha value is -4.70. The molecule has 366 valence electrons. The van der Waals surface area contributed by atoms with Gasteiger partial charge in [0.25, 0.3) is 0 Å². The lowest BCUT2D eigenvalue weighted by Gasteiger charge is -2.23. The number of hydrogen-bond acceptors (Lipinski definition) is 4. The summed E-state index contributed by atoms with van der Waals surface area (Å²) in [5.74, 6) is 2.17. The Morgan fingerprint density at radius 2 is 0.721 bits per heavy atom. The van der Waals surface area contributed by atoms with E-state index in [0.29, 0.717) is 36.2 Å². The van der Waals surface area contributed by atoms with Gasteiger partial charge >= 0.3 is 11.9 Å². The van der Waals surface area contributed by atoms with Gasteiger partial charge in [-0.1, -0.05) is 255 Å². The normalized spacial score (nSPS) is 12.6. The van der Waals surface area contributed by atoms with Crippen LogP contribution in [0.1, 0.15) is 207 Å². The highest BCUT2D eigenvalue weighted by molar-refractivity contribution is 6.27. The molecule has 0 saturated heterocycles. The molecule has 0 heterocycles. The van der Waals surface area contributed by atoms with Crippen LogP contribution >= 0.6 is 0 Å². The van der Waals surface area contributed by atoms with Gasteiger partial charge in [0.15, 0.2) is 0 Å². The van der Waals surface area contributed by atoms with Gasteiger partial charge in [0.05, 0.1) is 0 Å². The van der Waals surface area contributed by atoms with Crippen LogP contribution in [0.3, 0.4) is 0 Å². The van der Waals surface area contributed by atoms with Crippen molar-refractivity contribution in [3.8, 4) is 22.6 Å². The number of ether oxygens (including phenoxy) is 2. The molecule has 0 radical (unpaired) electrons. The number of hydrogen-bond donors (Lipinski definition) is 0. The van der Waals surface area contributed by atoms with E-state index in [2.05, 4.69) is 126 Å². The summed E-state index contributed by atoms with van der Waals surface area (Å²) in [4.78, 5) is 27.8. The Morgan fingerprint density at radius 3 is 1.09 bits per heavy atom. The molecule has 0 aliphatic rings. The van der Waals surface area contributed by atoms with Gasteiger partial charge in [-0.3, -0.25) is 9.59 Å². The van der Waals surface area contributed by atoms with Gasteiger partial charge in [-0.15, -0.1) is 0 Å². The standard InChI is InChI=1S/C64H86O4/c1-7-13-17-19-21-23-25-37-59(65)67-63-53-35-29-27-33-51(53)61(57-45-49(39-41-55(57)63)43-47(11-5)31-15-9-3)62-52-34-28-30-36-54(52)64(68-60(66)38-26-24-22-20-18-14-8-2)56-42-40-50(46-58(56)62)44-48(12-6)32-16-10-4/h27-30,33-36,39-42,45-48H,7-26,31-32,37-38,43-44H2,1-6H3. The van der Waals surface area contributed by atoms with Crippen LogP contribution < -0.4 is 9.47 Å². The van der Waals surface area contributed by atoms with Crippen molar-refractivity contribution < 1.29 is 19.1 Å². The van der Waals surface area contributed by atoms with Crippen LogP contribution in [0.2, 0.25) is 0 Å². The Bertz CT molecular complexity index is 2340. The summed E-state index contributed by atoms with van der Waals surface area (Å²) in [5, 5.41) is 8.11. The van der Waals surface area contributed by atoms with Crippen LogP contribution in [0, 0.1) is 11.8 Å². The van der Waals surface area contributed by atoms with E-state index in [9.17, 15) is 9.59 Å². The second-order valence-electron chi connectivity index (χ2n) is 20.2. The van der Waals surface area contributed by atoms with E-state index in [1.54, 1.807) is 0 Å². The molecule has 4 heteroatoms. The van der Waals surface area contributed by atoms with Gasteiger partial charge in [-0.05, 0) is 81.3 Å². The number of carbonyl (C=O) groups is 2. The number of unbranched alkanes of at least 4 members (excludes halogenated alkanes) is 14. The average molecular weight is 919 g/mol. The quantitative estimate of drug-likeness (QED) is 0.0189. The highest BCUT2D eigenvalue weighted by atomic mass is 16.5. The van der Waals surface area contributed by atoms with Crippen molar-refractivity contribution in [3.63, 3.8) is 0 Å². The second kappa shape index (κ2) is 28.1. The van der Waals surface area contributed by atoms with E-state index >= 15 is 0 Å². The summed E-state index contributed by atoms with van der Waals surface area (Å²) >= 11 is 0. The lowest BCUT2D eigenvalue weighted by Crippen LogP contribution is -2.09. The molecular weight excluding hydrogens is 833 g/mol. The first-order valence-corrected chi connectivity index (χ1v) is 27.7. The van der Waals surface area contributed by atoms with E-state index in [1.165, 1.54) is 101 Å². The molecule has 0 spiro atoms. The first-order chi connectivity index (χ1) is 33.3. The first kappa shape index (κ1) is 52.7. The van der Waals surface area contributed by atoms with Gasteiger partial charge in [0.2, 0.25) is 0 Å². The van der Waals surface area contributed by atoms with E-state index in [4.69, 9.17) is 9.47 Å². The van der Waals surface area contributed by atoms with Crippen molar-refractivity contribution in [1.29, 1.82) is 0 Å². The van der Waals surface area contributed by atoms with E-state index in [1.807, 2.05) is 0 Å². The van der Waals surface area contributed by atoms with Gasteiger partial charge < -0.3 is 9.47 Å². The highest BCUT2D eigenvalue weighted by Crippen LogP contribution is 2.50. The third-order valence-electron chi connectivity index (χ3n) is 14.9. The van der Waals surface area contributed by atoms with Crippen molar-refractivity contribution in [2.24, 2.45) is 11.8 Å². The third kappa shape index (κ3) is 14.2. The number of rotatable bonds is 31. The number of benzene rings is 6. The molecule has 68 heavy (non-hydrogen) atoms. The molecule has 4 nitrogen and oxygen atoms in total. The van der Waals surface area contributed by atoms with Gasteiger partial charge in [-0.2, -0.15) is 0 Å². The van der Waals surface area contributed by atoms with Gasteiger partial charge in [0.1, 0.15) is 11.5 Å². The van der Waals surface area contributed by atoms with Crippen LogP contribution in [0.4, 0.5) is 0 Å². The molecule has 2 atom stereocenters. The number of carbonyl (C=O) groups excluding carboxylic acids is 2. The van der Waals surface area contributed by atoms with Gasteiger partial charge in [-0.25, -0.2) is 0 Å². The number of fused-ring (bicyclic) bond motifs is 4. The maximum Gasteiger partial charge on any atom is 0.311 e. The van der Waals surface area contributed by atoms with Crippen molar-refractivity contribution in [2.45, 2.75) is 208 Å². The summed E-state index contributed by atoms with van der Waals surface area (Å²) in [6.45, 7) is 13.7. The smallest absolute Gasteiger partial charge is 0.311 e. The lowest BCUT2D eigenvalue weighted by atomic mass is 9.83. The van der Waals surface area contributed by atoms with Crippen LogP contribution in [-0.2, 0) is 22.4 Å². The second-order valence-corrected chi connectivity index (χ2v) is 20.2. The lowest BCUT2D eigenvalue weighted by molar-refractivity contribution is -0.135. The number of esters is 2. The van der Waals surface area contributed by atoms with Crippen molar-refractivity contribution in [1.82, 2.24) is 0 Å². The molecule has 0 saturated carbocycles. The average Bonchev–Trinajstić information content (AvgIpc) is 3.36. The molecule has 0 N–H and O–H groups in total. The zero-order chi connectivity index (χ0) is 48.1. The monoisotopic (exact) mass is 919 g/mol. The largest absolute Gasteiger partial charge is 0.425 e. The minimum Gasteiger partial charge on any atom is -0.425 e. The highest BCUT2D eigenvalue weighted by Gasteiger charge is 2.25. The minimum atomic E-state index is -0.163. The van der Waals surface area contributed by atoms with Crippen molar-refractivity contribution in [2.75, 3.05) is 0 Å². The fourth-order valence-electron chi connectivity index (χ4n) is 10.7. The predicted molar refractivity (Wildman–Crippen MR) is 292 cm³/mol. The van der Waals surface area contributed by atoms with Crippen LogP contribution in [-0.4, -0.2) is 11.9 Å². The summed E-state index contributed by atoms with van der Waals surface area (Å²) in [5.41, 5.74) is 4.90. The zero-order valence-electron chi connectivity index (χ0n) is 43.3. The molecule has 0 aliphatic carbocycles. The predicted octanol–water partition coefficient (Wildman–Crippen LogP) is 19.6. The van der Waals surface area contributed by atoms with E-state index in [0.717, 1.165) is 118 Å². The Morgan fingerprint density at radius 1 is 0.382 bits per heavy atom. The maximum absolute atomic E-state index is 13.9. The molecule has 0 aliphatic heterocycles. The van der Waals surface area contributed by atoms with Crippen molar-refractivity contribution >= 4 is 55.0 Å². The Labute approximate surface area is 411 Å². The van der Waals surface area contributed by atoms with Crippen LogP contribution in [0.25, 0.3) is 54.2 Å². The zero-order valence-corrected chi connectivity index (χ0v) is 43.3. The Balaban J connectivity index is 1.55. The molecule has 0 aromatic heterocycles. The van der Waals surface area contributed by atoms with Crippen LogP contribution in [0.15, 0.2) is 84.9 Å². The third-order valence-corrected chi connectivity index (χ3v) is 14.9. The molecule has 0 bridgehead atoms. The summed E-state index contributed by atoms with van der Waals surface area (Å²) in [7, 11) is 0. The molecule has 2 unspecified atom stereocenters. The molecule has 6 aromatic carbocycles. The molecule has 6 aromatic rings. The summed E-state index contributed by atoms with van der Waals surface area (Å²) < 4.78 is 13.2. The molecule has 6 rings (SSSR count). The topological polar surface area (TPSA) is 52.6 Å². The molecule has 0 fully saturated rings. The summed E-state index contributed by atoms with van der Waals surface area (Å²) in [6, 6.07) is 31.0. The minimum absolute atomic E-state index is 0.163. The SMILES string of the molecule is CCCCCCCCCC(=O)Oc1c2ccccc2c(-c2c3ccccc3c(OC(=O)CCCCCCCCC)c3ccc(CC(CC)CCCC)cc23)c2cc(CC(CC)CCCC)ccc12. The van der Waals surface area contributed by atoms with E-state index < -0.39 is 0 Å². The Kier molecular flexibility index (Phi) is 21.8. The van der Waals surface area contributed by atoms with E-state index in [-0.39, 0.29) is 11.9 Å². The van der Waals surface area contributed by atoms with Crippen molar-refractivity contribution in [3.05, 3.63) is 96.1 Å². The van der Waals surface area contributed by atoms with Gasteiger partial charge in [0, 0.05) is 34.4 Å². The fourth-order valence-corrected chi connectivity index (χ4v) is 10.7. The summed E-state index contributed by atoms with van der Waals surface area (Å²) in [6.07, 6.45) is 28.5. The maximum atomic E-state index is 13.9.